The second-order valence-electron chi connectivity index (χ2n) is 8.74. The van der Waals surface area contributed by atoms with E-state index in [9.17, 15) is 13.2 Å². The lowest BCUT2D eigenvalue weighted by Crippen LogP contribution is -2.59. The molecule has 27 heavy (non-hydrogen) atoms. The molecule has 0 bridgehead atoms. The van der Waals surface area contributed by atoms with Crippen molar-refractivity contribution in [2.24, 2.45) is 17.3 Å². The molecule has 4 fully saturated rings. The lowest BCUT2D eigenvalue weighted by Gasteiger charge is -2.55. The number of likely N-dealkylation sites (tertiary alicyclic amines) is 1. The Bertz CT molecular complexity index is 717. The summed E-state index contributed by atoms with van der Waals surface area (Å²) in [5.74, 6) is 1.35. The minimum absolute atomic E-state index is 0.455. The zero-order valence-electron chi connectivity index (χ0n) is 15.3. The van der Waals surface area contributed by atoms with Gasteiger partial charge in [-0.1, -0.05) is 0 Å². The molecule has 0 radical (unpaired) electrons. The van der Waals surface area contributed by atoms with E-state index in [2.05, 4.69) is 14.2 Å². The summed E-state index contributed by atoms with van der Waals surface area (Å²) in [6.07, 6.45) is -1.80. The molecule has 1 aromatic heterocycles. The highest BCUT2D eigenvalue weighted by molar-refractivity contribution is 7.97. The Kier molecular flexibility index (Phi) is 4.28. The van der Waals surface area contributed by atoms with Crippen molar-refractivity contribution in [2.45, 2.75) is 36.9 Å². The summed E-state index contributed by atoms with van der Waals surface area (Å²) in [6, 6.07) is 3.39. The highest BCUT2D eigenvalue weighted by Crippen LogP contribution is 2.51. The molecule has 1 aliphatic carbocycles. The van der Waals surface area contributed by atoms with Crippen molar-refractivity contribution in [1.29, 1.82) is 0 Å². The lowest BCUT2D eigenvalue weighted by molar-refractivity contribution is -0.183. The number of halogens is 3. The van der Waals surface area contributed by atoms with E-state index >= 15 is 0 Å². The number of aryl methyl sites for hydroxylation is 1. The smallest absolute Gasteiger partial charge is 0.380 e. The number of hydrogen-bond donors (Lipinski definition) is 0. The van der Waals surface area contributed by atoms with Gasteiger partial charge in [0, 0.05) is 42.5 Å². The summed E-state index contributed by atoms with van der Waals surface area (Å²) >= 11 is 1.56. The summed E-state index contributed by atoms with van der Waals surface area (Å²) < 4.78 is 46.0. The standard InChI is InChI=1S/C19H24F3N3OS/c1-12-16(2-3-17(23-12)19(20,21)22)27-25-8-13-6-24(7-14(13)9-25)15-4-18(5-15)10-26-11-18/h2-3,13-15H,4-11H2,1H3. The molecule has 2 atom stereocenters. The first-order valence-corrected chi connectivity index (χ1v) is 10.4. The van der Waals surface area contributed by atoms with Gasteiger partial charge in [-0.15, -0.1) is 0 Å². The van der Waals surface area contributed by atoms with Crippen molar-refractivity contribution in [3.05, 3.63) is 23.5 Å². The zero-order chi connectivity index (χ0) is 18.8. The molecular formula is C19H24F3N3OS. The van der Waals surface area contributed by atoms with E-state index in [1.54, 1.807) is 24.9 Å². The van der Waals surface area contributed by atoms with Crippen LogP contribution >= 0.6 is 11.9 Å². The Labute approximate surface area is 161 Å². The van der Waals surface area contributed by atoms with Crippen LogP contribution in [-0.4, -0.2) is 59.6 Å². The number of rotatable bonds is 3. The maximum absolute atomic E-state index is 12.8. The fourth-order valence-corrected chi connectivity index (χ4v) is 6.24. The van der Waals surface area contributed by atoms with Crippen LogP contribution in [0.25, 0.3) is 0 Å². The quantitative estimate of drug-likeness (QED) is 0.726. The monoisotopic (exact) mass is 399 g/mol. The molecular weight excluding hydrogens is 375 g/mol. The summed E-state index contributed by atoms with van der Waals surface area (Å²) in [4.78, 5) is 7.25. The van der Waals surface area contributed by atoms with Crippen molar-refractivity contribution >= 4 is 11.9 Å². The van der Waals surface area contributed by atoms with Crippen LogP contribution < -0.4 is 0 Å². The topological polar surface area (TPSA) is 28.6 Å². The van der Waals surface area contributed by atoms with Gasteiger partial charge in [0.1, 0.15) is 5.69 Å². The van der Waals surface area contributed by atoms with Gasteiger partial charge < -0.3 is 4.74 Å². The number of aromatic nitrogens is 1. The summed E-state index contributed by atoms with van der Waals surface area (Å²) in [6.45, 7) is 7.90. The molecule has 0 amide bonds. The predicted molar refractivity (Wildman–Crippen MR) is 96.2 cm³/mol. The fraction of sp³-hybridized carbons (Fsp3) is 0.737. The lowest BCUT2D eigenvalue weighted by atomic mass is 9.63. The Balaban J connectivity index is 1.15. The Morgan fingerprint density at radius 3 is 2.30 bits per heavy atom. The normalized spacial score (nSPS) is 31.1. The third-order valence-corrected chi connectivity index (χ3v) is 7.89. The first kappa shape index (κ1) is 18.2. The SMILES string of the molecule is Cc1nc(C(F)(F)F)ccc1SN1CC2CN(C3CC4(COC4)C3)CC2C1. The van der Waals surface area contributed by atoms with Crippen LogP contribution in [0.2, 0.25) is 0 Å². The number of pyridine rings is 1. The average molecular weight is 399 g/mol. The van der Waals surface area contributed by atoms with Gasteiger partial charge in [-0.25, -0.2) is 9.29 Å². The maximum atomic E-state index is 12.8. The highest BCUT2D eigenvalue weighted by Gasteiger charge is 2.53. The summed E-state index contributed by atoms with van der Waals surface area (Å²) in [7, 11) is 0. The van der Waals surface area contributed by atoms with Gasteiger partial charge in [0.2, 0.25) is 0 Å². The first-order valence-electron chi connectivity index (χ1n) is 9.61. The van der Waals surface area contributed by atoms with E-state index in [-0.39, 0.29) is 0 Å². The molecule has 4 nitrogen and oxygen atoms in total. The van der Waals surface area contributed by atoms with Crippen LogP contribution in [-0.2, 0) is 10.9 Å². The Morgan fingerprint density at radius 2 is 1.78 bits per heavy atom. The molecule has 1 spiro atoms. The van der Waals surface area contributed by atoms with E-state index in [0.717, 1.165) is 56.4 Å². The molecule has 1 aromatic rings. The van der Waals surface area contributed by atoms with Gasteiger partial charge in [-0.2, -0.15) is 13.2 Å². The molecule has 8 heteroatoms. The zero-order valence-corrected chi connectivity index (χ0v) is 16.2. The van der Waals surface area contributed by atoms with E-state index in [1.807, 2.05) is 0 Å². The number of hydrogen-bond acceptors (Lipinski definition) is 5. The van der Waals surface area contributed by atoms with Crippen LogP contribution in [0, 0.1) is 24.2 Å². The van der Waals surface area contributed by atoms with E-state index in [1.165, 1.54) is 12.8 Å². The van der Waals surface area contributed by atoms with Crippen LogP contribution in [0.5, 0.6) is 0 Å². The fourth-order valence-electron chi connectivity index (χ4n) is 5.13. The van der Waals surface area contributed by atoms with Gasteiger partial charge in [0.25, 0.3) is 0 Å². The Hall–Kier alpha value is -0.830. The van der Waals surface area contributed by atoms with Crippen LogP contribution in [0.3, 0.4) is 0 Å². The third-order valence-electron chi connectivity index (χ3n) is 6.71. The van der Waals surface area contributed by atoms with E-state index in [4.69, 9.17) is 4.74 Å². The molecule has 4 aliphatic rings. The molecule has 148 valence electrons. The molecule has 0 aromatic carbocycles. The van der Waals surface area contributed by atoms with Gasteiger partial charge in [0.15, 0.2) is 0 Å². The molecule has 4 heterocycles. The van der Waals surface area contributed by atoms with Crippen molar-refractivity contribution in [2.75, 3.05) is 39.4 Å². The molecule has 0 N–H and O–H groups in total. The first-order chi connectivity index (χ1) is 12.8. The van der Waals surface area contributed by atoms with E-state index in [0.29, 0.717) is 22.9 Å². The largest absolute Gasteiger partial charge is 0.433 e. The second-order valence-corrected chi connectivity index (χ2v) is 9.88. The van der Waals surface area contributed by atoms with Crippen LogP contribution in [0.4, 0.5) is 13.2 Å². The number of fused-ring (bicyclic) bond motifs is 1. The van der Waals surface area contributed by atoms with Crippen LogP contribution in [0.1, 0.15) is 24.2 Å². The number of nitrogens with zero attached hydrogens (tertiary/aromatic N) is 3. The van der Waals surface area contributed by atoms with Crippen molar-refractivity contribution < 1.29 is 17.9 Å². The van der Waals surface area contributed by atoms with Gasteiger partial charge in [-0.3, -0.25) is 4.90 Å². The highest BCUT2D eigenvalue weighted by atomic mass is 32.2. The Morgan fingerprint density at radius 1 is 1.11 bits per heavy atom. The maximum Gasteiger partial charge on any atom is 0.433 e. The molecule has 5 rings (SSSR count). The van der Waals surface area contributed by atoms with Crippen LogP contribution in [0.15, 0.2) is 17.0 Å². The van der Waals surface area contributed by atoms with E-state index < -0.39 is 11.9 Å². The molecule has 1 saturated carbocycles. The second kappa shape index (κ2) is 6.34. The molecule has 3 aliphatic heterocycles. The summed E-state index contributed by atoms with van der Waals surface area (Å²) in [5, 5.41) is 0. The predicted octanol–water partition coefficient (Wildman–Crippen LogP) is 3.46. The van der Waals surface area contributed by atoms with Crippen molar-refractivity contribution in [3.63, 3.8) is 0 Å². The number of ether oxygens (including phenoxy) is 1. The van der Waals surface area contributed by atoms with Gasteiger partial charge in [0.05, 0.1) is 18.9 Å². The third kappa shape index (κ3) is 3.28. The molecule has 3 saturated heterocycles. The average Bonchev–Trinajstić information content (AvgIpc) is 3.03. The molecule has 2 unspecified atom stereocenters. The summed E-state index contributed by atoms with van der Waals surface area (Å²) in [5.41, 5.74) is 0.154. The van der Waals surface area contributed by atoms with Gasteiger partial charge in [-0.05, 0) is 55.7 Å². The number of alkyl halides is 3. The van der Waals surface area contributed by atoms with Crippen molar-refractivity contribution in [1.82, 2.24) is 14.2 Å². The minimum atomic E-state index is -4.38. The van der Waals surface area contributed by atoms with Gasteiger partial charge >= 0.3 is 6.18 Å². The van der Waals surface area contributed by atoms with Crippen molar-refractivity contribution in [3.8, 4) is 0 Å². The minimum Gasteiger partial charge on any atom is -0.380 e.